The molecule has 1 heterocycles. The van der Waals surface area contributed by atoms with Gasteiger partial charge in [0.2, 0.25) is 0 Å². The van der Waals surface area contributed by atoms with Crippen molar-refractivity contribution in [1.29, 1.82) is 0 Å². The molecule has 2 aliphatic rings. The van der Waals surface area contributed by atoms with Crippen molar-refractivity contribution in [2.24, 2.45) is 11.3 Å². The second-order valence-electron chi connectivity index (χ2n) is 16.6. The predicted octanol–water partition coefficient (Wildman–Crippen LogP) is 8.44. The van der Waals surface area contributed by atoms with Gasteiger partial charge in [-0.2, -0.15) is 0 Å². The molecule has 5 rings (SSSR count). The van der Waals surface area contributed by atoms with E-state index < -0.39 is 60.4 Å². The van der Waals surface area contributed by atoms with Gasteiger partial charge >= 0.3 is 29.8 Å². The third kappa shape index (κ3) is 12.7. The van der Waals surface area contributed by atoms with Crippen molar-refractivity contribution in [3.63, 3.8) is 0 Å². The molecule has 0 spiro atoms. The van der Waals surface area contributed by atoms with Gasteiger partial charge in [-0.1, -0.05) is 75.6 Å². The zero-order valence-corrected chi connectivity index (χ0v) is 36.4. The van der Waals surface area contributed by atoms with E-state index in [1.807, 2.05) is 6.07 Å². The van der Waals surface area contributed by atoms with Gasteiger partial charge < -0.3 is 37.9 Å². The number of carbonyl (C=O) groups excluding carboxylic acids is 5. The van der Waals surface area contributed by atoms with Crippen LogP contribution in [0.2, 0.25) is 0 Å². The Morgan fingerprint density at radius 1 is 0.758 bits per heavy atom. The number of unbranched alkanes of at least 4 members (excludes halogenated alkanes) is 2. The molecule has 1 saturated carbocycles. The number of carbonyl (C=O) groups is 5. The highest BCUT2D eigenvalue weighted by molar-refractivity contribution is 6.30. The molecule has 3 aromatic rings. The maximum absolute atomic E-state index is 15.9. The highest BCUT2D eigenvalue weighted by atomic mass is 19.1. The number of methoxy groups -OCH3 is 2. The van der Waals surface area contributed by atoms with Gasteiger partial charge in [-0.3, -0.25) is 0 Å². The molecule has 1 saturated heterocycles. The van der Waals surface area contributed by atoms with E-state index in [2.05, 4.69) is 23.0 Å². The van der Waals surface area contributed by atoms with Crippen molar-refractivity contribution < 1.29 is 66.3 Å². The van der Waals surface area contributed by atoms with Crippen molar-refractivity contribution >= 4 is 29.8 Å². The first-order chi connectivity index (χ1) is 29.6. The van der Waals surface area contributed by atoms with Crippen LogP contribution in [0.15, 0.2) is 72.8 Å². The summed E-state index contributed by atoms with van der Waals surface area (Å²) in [6.45, 7) is 9.35. The van der Waals surface area contributed by atoms with E-state index in [-0.39, 0.29) is 30.4 Å². The monoisotopic (exact) mass is 860 g/mol. The highest BCUT2D eigenvalue weighted by Crippen LogP contribution is 2.41. The number of ether oxygens (including phenoxy) is 8. The molecule has 13 nitrogen and oxygen atoms in total. The number of hydrogen-bond acceptors (Lipinski definition) is 13. The summed E-state index contributed by atoms with van der Waals surface area (Å²) in [4.78, 5) is 61.3. The Hall–Kier alpha value is -5.60. The fraction of sp³-hybridized carbons (Fsp3) is 0.479. The van der Waals surface area contributed by atoms with E-state index in [1.54, 1.807) is 68.4 Å². The lowest BCUT2D eigenvalue weighted by atomic mass is 9.77. The lowest BCUT2D eigenvalue weighted by Crippen LogP contribution is -2.45. The van der Waals surface area contributed by atoms with Crippen LogP contribution >= 0.6 is 0 Å². The van der Waals surface area contributed by atoms with Crippen LogP contribution in [0.5, 0.6) is 11.5 Å². The highest BCUT2D eigenvalue weighted by Gasteiger charge is 2.51. The van der Waals surface area contributed by atoms with E-state index in [9.17, 15) is 24.0 Å². The smallest absolute Gasteiger partial charge is 0.417 e. The number of hydrogen-bond donors (Lipinski definition) is 0. The molecule has 0 amide bonds. The Kier molecular flexibility index (Phi) is 16.4. The maximum Gasteiger partial charge on any atom is 0.417 e. The molecule has 3 aromatic carbocycles. The summed E-state index contributed by atoms with van der Waals surface area (Å²) >= 11 is 0. The van der Waals surface area contributed by atoms with Crippen LogP contribution in [0.4, 0.5) is 4.39 Å². The van der Waals surface area contributed by atoms with E-state index in [1.165, 1.54) is 45.4 Å². The average Bonchev–Trinajstić information content (AvgIpc) is 3.90. The summed E-state index contributed by atoms with van der Waals surface area (Å²) in [7, 11) is 2.02. The largest absolute Gasteiger partial charge is 0.493 e. The quantitative estimate of drug-likeness (QED) is 0.0215. The fourth-order valence-corrected chi connectivity index (χ4v) is 7.35. The summed E-state index contributed by atoms with van der Waals surface area (Å²) in [6.07, 6.45) is 8.82. The minimum absolute atomic E-state index is 0.180. The van der Waals surface area contributed by atoms with Gasteiger partial charge in [-0.15, -0.1) is 0 Å². The van der Waals surface area contributed by atoms with Gasteiger partial charge in [0, 0.05) is 16.7 Å². The lowest BCUT2D eigenvalue weighted by molar-refractivity contribution is -0.177. The Morgan fingerprint density at radius 2 is 1.35 bits per heavy atom. The molecule has 1 aliphatic heterocycles. The molecule has 14 heteroatoms. The molecule has 0 radical (unpaired) electrons. The molecular weight excluding hydrogens is 804 g/mol. The zero-order valence-electron chi connectivity index (χ0n) is 36.4. The van der Waals surface area contributed by atoms with Crippen molar-refractivity contribution in [3.05, 3.63) is 84.2 Å². The average molecular weight is 861 g/mol. The van der Waals surface area contributed by atoms with Crippen molar-refractivity contribution in [2.75, 3.05) is 40.6 Å². The summed E-state index contributed by atoms with van der Waals surface area (Å²) in [5.41, 5.74) is 1.15. The van der Waals surface area contributed by atoms with Crippen LogP contribution in [0.25, 0.3) is 22.3 Å². The molecule has 1 aliphatic carbocycles. The summed E-state index contributed by atoms with van der Waals surface area (Å²) in [5.74, 6) is -4.59. The molecule has 1 atom stereocenters. The third-order valence-electron chi connectivity index (χ3n) is 11.3. The minimum Gasteiger partial charge on any atom is -0.493 e. The first-order valence-electron chi connectivity index (χ1n) is 20.9. The molecule has 2 fully saturated rings. The molecule has 1 unspecified atom stereocenters. The molecule has 334 valence electrons. The van der Waals surface area contributed by atoms with Crippen LogP contribution in [0.3, 0.4) is 0 Å². The van der Waals surface area contributed by atoms with Gasteiger partial charge in [0.15, 0.2) is 6.29 Å². The van der Waals surface area contributed by atoms with Crippen LogP contribution in [0.1, 0.15) is 90.5 Å². The number of halogens is 1. The molecular formula is C48H57FO13. The molecule has 0 bridgehead atoms. The predicted molar refractivity (Wildman–Crippen MR) is 225 cm³/mol. The van der Waals surface area contributed by atoms with Crippen LogP contribution in [-0.2, 0) is 52.4 Å². The van der Waals surface area contributed by atoms with Gasteiger partial charge in [0.25, 0.3) is 0 Å². The van der Waals surface area contributed by atoms with Crippen LogP contribution in [0, 0.1) is 17.2 Å². The minimum atomic E-state index is -1.48. The van der Waals surface area contributed by atoms with Gasteiger partial charge in [0.05, 0.1) is 26.2 Å². The van der Waals surface area contributed by atoms with Crippen molar-refractivity contribution in [1.82, 2.24) is 0 Å². The topological polar surface area (TPSA) is 162 Å². The standard InChI is InChI=1S/C48H57FO13/c1-8-9-10-11-31-12-14-32(15-13-31)34-18-22-37(39(49)24-34)35-19-23-38(40(25-35)61-41(50)30(2)3)33-16-20-36(21-17-33)57-26-48(27-58-44(53)42(51)55-6,28-59-45(54)43(52)56-7)29-60-46-47(4,5)62-46/h16-25,31-32,46H,2,8-15,26-29H2,1,3-7H3. The van der Waals surface area contributed by atoms with Gasteiger partial charge in [-0.05, 0) is 99.2 Å². The molecule has 62 heavy (non-hydrogen) atoms. The first kappa shape index (κ1) is 47.4. The van der Waals surface area contributed by atoms with Gasteiger partial charge in [0.1, 0.15) is 42.7 Å². The maximum atomic E-state index is 15.9. The Balaban J connectivity index is 1.36. The molecule has 0 aromatic heterocycles. The van der Waals surface area contributed by atoms with E-state index >= 15 is 4.39 Å². The molecule has 0 N–H and O–H groups in total. The van der Waals surface area contributed by atoms with Crippen molar-refractivity contribution in [3.8, 4) is 33.8 Å². The van der Waals surface area contributed by atoms with Crippen LogP contribution < -0.4 is 9.47 Å². The fourth-order valence-electron chi connectivity index (χ4n) is 7.35. The Labute approximate surface area is 362 Å². The SMILES string of the molecule is C=C(C)C(=O)Oc1cc(-c2ccc(C3CCC(CCCCC)CC3)cc2F)ccc1-c1ccc(OCC(COC(=O)C(=O)OC)(COC(=O)C(=O)OC)COC2OC2(C)C)cc1. The normalized spacial score (nSPS) is 17.9. The number of esters is 5. The third-order valence-corrected chi connectivity index (χ3v) is 11.3. The summed E-state index contributed by atoms with van der Waals surface area (Å²) < 4.78 is 58.6. The van der Waals surface area contributed by atoms with E-state index in [0.29, 0.717) is 33.9 Å². The van der Waals surface area contributed by atoms with Crippen molar-refractivity contribution in [2.45, 2.75) is 96.9 Å². The lowest BCUT2D eigenvalue weighted by Gasteiger charge is -2.31. The Bertz CT molecular complexity index is 2050. The number of epoxide rings is 1. The number of rotatable bonds is 19. The second-order valence-corrected chi connectivity index (χ2v) is 16.6. The summed E-state index contributed by atoms with van der Waals surface area (Å²) in [6, 6.07) is 17.3. The first-order valence-corrected chi connectivity index (χ1v) is 20.9. The van der Waals surface area contributed by atoms with E-state index in [4.69, 9.17) is 28.4 Å². The number of benzene rings is 3. The Morgan fingerprint density at radius 3 is 1.90 bits per heavy atom. The second kappa shape index (κ2) is 21.5. The summed E-state index contributed by atoms with van der Waals surface area (Å²) in [5, 5.41) is 0. The van der Waals surface area contributed by atoms with Crippen LogP contribution in [-0.4, -0.2) is 82.4 Å². The van der Waals surface area contributed by atoms with E-state index in [0.717, 1.165) is 38.5 Å². The van der Waals surface area contributed by atoms with Gasteiger partial charge in [-0.25, -0.2) is 28.4 Å². The zero-order chi connectivity index (χ0) is 45.0.